The van der Waals surface area contributed by atoms with Gasteiger partial charge in [0.15, 0.2) is 5.78 Å². The molecular formula is C11H13BrFNO. The van der Waals surface area contributed by atoms with Crippen LogP contribution in [-0.2, 0) is 0 Å². The Morgan fingerprint density at radius 1 is 1.53 bits per heavy atom. The number of benzene rings is 1. The molecule has 2 nitrogen and oxygen atoms in total. The van der Waals surface area contributed by atoms with Gasteiger partial charge in [-0.15, -0.1) is 0 Å². The van der Waals surface area contributed by atoms with Crippen LogP contribution < -0.4 is 5.32 Å². The van der Waals surface area contributed by atoms with Gasteiger partial charge < -0.3 is 5.32 Å². The molecule has 4 heteroatoms. The number of nitrogens with one attached hydrogen (secondary N) is 1. The minimum atomic E-state index is -0.420. The standard InChI is InChI=1S/C11H13BrFNO/c1-6-4-8(12)7(2)10(11(6)13)9(15)5-14-3/h4,14H,5H2,1-3H3. The van der Waals surface area contributed by atoms with E-state index in [1.54, 1.807) is 27.0 Å². The molecule has 0 unspecified atom stereocenters. The van der Waals surface area contributed by atoms with Crippen LogP contribution in [0.4, 0.5) is 4.39 Å². The van der Waals surface area contributed by atoms with Crippen molar-refractivity contribution in [3.05, 3.63) is 33.0 Å². The van der Waals surface area contributed by atoms with Gasteiger partial charge in [0.2, 0.25) is 0 Å². The monoisotopic (exact) mass is 273 g/mol. The largest absolute Gasteiger partial charge is 0.313 e. The zero-order chi connectivity index (χ0) is 11.6. The predicted molar refractivity (Wildman–Crippen MR) is 61.8 cm³/mol. The number of likely N-dealkylation sites (N-methyl/N-ethyl adjacent to an activating group) is 1. The Morgan fingerprint density at radius 2 is 2.13 bits per heavy atom. The molecule has 0 aliphatic heterocycles. The normalized spacial score (nSPS) is 10.5. The molecule has 0 aliphatic rings. The van der Waals surface area contributed by atoms with E-state index in [1.807, 2.05) is 0 Å². The van der Waals surface area contributed by atoms with Crippen LogP contribution in [0.25, 0.3) is 0 Å². The van der Waals surface area contributed by atoms with E-state index in [1.165, 1.54) is 0 Å². The maximum atomic E-state index is 13.7. The molecule has 0 saturated carbocycles. The Morgan fingerprint density at radius 3 is 2.67 bits per heavy atom. The summed E-state index contributed by atoms with van der Waals surface area (Å²) in [7, 11) is 1.66. The van der Waals surface area contributed by atoms with Crippen molar-refractivity contribution in [1.82, 2.24) is 5.32 Å². The molecule has 0 spiro atoms. The summed E-state index contributed by atoms with van der Waals surface area (Å²) in [5.74, 6) is -0.646. The fourth-order valence-corrected chi connectivity index (χ4v) is 1.97. The van der Waals surface area contributed by atoms with Crippen molar-refractivity contribution in [2.45, 2.75) is 13.8 Å². The first-order chi connectivity index (χ1) is 6.99. The van der Waals surface area contributed by atoms with Crippen molar-refractivity contribution in [3.63, 3.8) is 0 Å². The van der Waals surface area contributed by atoms with Gasteiger partial charge in [-0.25, -0.2) is 4.39 Å². The highest BCUT2D eigenvalue weighted by Gasteiger charge is 2.18. The summed E-state index contributed by atoms with van der Waals surface area (Å²) in [6.45, 7) is 3.53. The van der Waals surface area contributed by atoms with Gasteiger partial charge in [-0.05, 0) is 38.1 Å². The smallest absolute Gasteiger partial charge is 0.179 e. The summed E-state index contributed by atoms with van der Waals surface area (Å²) >= 11 is 3.31. The lowest BCUT2D eigenvalue weighted by molar-refractivity contribution is 0.0989. The quantitative estimate of drug-likeness (QED) is 0.858. The number of hydrogen-bond donors (Lipinski definition) is 1. The van der Waals surface area contributed by atoms with Crippen molar-refractivity contribution in [2.75, 3.05) is 13.6 Å². The predicted octanol–water partition coefficient (Wildman–Crippen LogP) is 2.61. The summed E-state index contributed by atoms with van der Waals surface area (Å²) < 4.78 is 14.5. The van der Waals surface area contributed by atoms with Crippen LogP contribution in [0.5, 0.6) is 0 Å². The molecule has 0 saturated heterocycles. The summed E-state index contributed by atoms with van der Waals surface area (Å²) in [5.41, 5.74) is 1.31. The van der Waals surface area contributed by atoms with E-state index >= 15 is 0 Å². The molecule has 1 rings (SSSR count). The third kappa shape index (κ3) is 2.44. The van der Waals surface area contributed by atoms with Gasteiger partial charge in [-0.2, -0.15) is 0 Å². The minimum absolute atomic E-state index is 0.146. The second-order valence-electron chi connectivity index (χ2n) is 3.44. The SMILES string of the molecule is CNCC(=O)c1c(C)c(Br)cc(C)c1F. The van der Waals surface area contributed by atoms with Crippen LogP contribution in [-0.4, -0.2) is 19.4 Å². The lowest BCUT2D eigenvalue weighted by Crippen LogP contribution is -2.21. The molecular weight excluding hydrogens is 261 g/mol. The van der Waals surface area contributed by atoms with E-state index in [9.17, 15) is 9.18 Å². The number of aryl methyl sites for hydroxylation is 1. The molecule has 0 amide bonds. The van der Waals surface area contributed by atoms with Gasteiger partial charge in [-0.1, -0.05) is 15.9 Å². The highest BCUT2D eigenvalue weighted by Crippen LogP contribution is 2.25. The van der Waals surface area contributed by atoms with Crippen molar-refractivity contribution in [1.29, 1.82) is 0 Å². The molecule has 1 N–H and O–H groups in total. The van der Waals surface area contributed by atoms with Gasteiger partial charge >= 0.3 is 0 Å². The second kappa shape index (κ2) is 4.86. The summed E-state index contributed by atoms with van der Waals surface area (Å²) in [5, 5.41) is 2.73. The van der Waals surface area contributed by atoms with E-state index in [0.717, 1.165) is 4.47 Å². The fraction of sp³-hybridized carbons (Fsp3) is 0.364. The molecule has 0 bridgehead atoms. The molecule has 15 heavy (non-hydrogen) atoms. The first kappa shape index (κ1) is 12.3. The molecule has 82 valence electrons. The number of carbonyl (C=O) groups excluding carboxylic acids is 1. The van der Waals surface area contributed by atoms with E-state index in [4.69, 9.17) is 0 Å². The zero-order valence-corrected chi connectivity index (χ0v) is 10.5. The average molecular weight is 274 g/mol. The van der Waals surface area contributed by atoms with E-state index < -0.39 is 5.82 Å². The van der Waals surface area contributed by atoms with Crippen LogP contribution in [0.1, 0.15) is 21.5 Å². The molecule has 1 aromatic rings. The minimum Gasteiger partial charge on any atom is -0.313 e. The van der Waals surface area contributed by atoms with Crippen LogP contribution in [0.3, 0.4) is 0 Å². The van der Waals surface area contributed by atoms with Crippen LogP contribution >= 0.6 is 15.9 Å². The number of halogens is 2. The van der Waals surface area contributed by atoms with Crippen molar-refractivity contribution in [2.24, 2.45) is 0 Å². The first-order valence-electron chi connectivity index (χ1n) is 4.62. The van der Waals surface area contributed by atoms with Gasteiger partial charge in [0.25, 0.3) is 0 Å². The Bertz CT molecular complexity index is 378. The van der Waals surface area contributed by atoms with Crippen LogP contribution in [0.15, 0.2) is 10.5 Å². The number of Topliss-reactive ketones (excluding diaryl/α,β-unsaturated/α-hetero) is 1. The third-order valence-corrected chi connectivity index (χ3v) is 3.08. The summed E-state index contributed by atoms with van der Waals surface area (Å²) in [6.07, 6.45) is 0. The number of ketones is 1. The van der Waals surface area contributed by atoms with E-state index in [-0.39, 0.29) is 17.9 Å². The molecule has 0 heterocycles. The number of carbonyl (C=O) groups is 1. The van der Waals surface area contributed by atoms with E-state index in [0.29, 0.717) is 11.1 Å². The van der Waals surface area contributed by atoms with Gasteiger partial charge in [-0.3, -0.25) is 4.79 Å². The van der Waals surface area contributed by atoms with Crippen molar-refractivity contribution < 1.29 is 9.18 Å². The topological polar surface area (TPSA) is 29.1 Å². The third-order valence-electron chi connectivity index (χ3n) is 2.26. The molecule has 0 fully saturated rings. The Labute approximate surface area is 97.0 Å². The highest BCUT2D eigenvalue weighted by molar-refractivity contribution is 9.10. The van der Waals surface area contributed by atoms with Crippen molar-refractivity contribution in [3.8, 4) is 0 Å². The van der Waals surface area contributed by atoms with E-state index in [2.05, 4.69) is 21.2 Å². The lowest BCUT2D eigenvalue weighted by Gasteiger charge is -2.10. The summed E-state index contributed by atoms with van der Waals surface area (Å²) in [4.78, 5) is 11.7. The molecule has 0 atom stereocenters. The Balaban J connectivity index is 3.32. The van der Waals surface area contributed by atoms with Gasteiger partial charge in [0, 0.05) is 4.47 Å². The second-order valence-corrected chi connectivity index (χ2v) is 4.30. The maximum Gasteiger partial charge on any atom is 0.179 e. The average Bonchev–Trinajstić information content (AvgIpc) is 2.16. The molecule has 1 aromatic carbocycles. The van der Waals surface area contributed by atoms with Gasteiger partial charge in [0.05, 0.1) is 12.1 Å². The Hall–Kier alpha value is -0.740. The molecule has 0 radical (unpaired) electrons. The first-order valence-corrected chi connectivity index (χ1v) is 5.41. The van der Waals surface area contributed by atoms with Crippen LogP contribution in [0, 0.1) is 19.7 Å². The molecule has 0 aliphatic carbocycles. The number of hydrogen-bond acceptors (Lipinski definition) is 2. The number of rotatable bonds is 3. The maximum absolute atomic E-state index is 13.7. The van der Waals surface area contributed by atoms with Crippen LogP contribution in [0.2, 0.25) is 0 Å². The van der Waals surface area contributed by atoms with Crippen molar-refractivity contribution >= 4 is 21.7 Å². The lowest BCUT2D eigenvalue weighted by atomic mass is 10.0. The van der Waals surface area contributed by atoms with Gasteiger partial charge in [0.1, 0.15) is 5.82 Å². The fourth-order valence-electron chi connectivity index (χ4n) is 1.42. The zero-order valence-electron chi connectivity index (χ0n) is 8.95. The summed E-state index contributed by atoms with van der Waals surface area (Å²) in [6, 6.07) is 1.68. The highest BCUT2D eigenvalue weighted by atomic mass is 79.9. The Kier molecular flexibility index (Phi) is 3.99. The molecule has 0 aromatic heterocycles.